The van der Waals surface area contributed by atoms with Crippen molar-refractivity contribution in [2.45, 2.75) is 6.92 Å². The maximum atomic E-state index is 11.5. The van der Waals surface area contributed by atoms with E-state index in [0.29, 0.717) is 16.9 Å². The van der Waals surface area contributed by atoms with Crippen molar-refractivity contribution in [2.75, 3.05) is 12.4 Å². The number of hydrogen-bond donors (Lipinski definition) is 1. The summed E-state index contributed by atoms with van der Waals surface area (Å²) in [6.07, 6.45) is 0. The first-order valence-electron chi connectivity index (χ1n) is 6.22. The van der Waals surface area contributed by atoms with E-state index in [1.165, 1.54) is 13.2 Å². The number of nitrogens with one attached hydrogen (secondary N) is 1. The van der Waals surface area contributed by atoms with E-state index in [0.717, 1.165) is 5.56 Å². The minimum Gasteiger partial charge on any atom is -0.465 e. The van der Waals surface area contributed by atoms with E-state index in [4.69, 9.17) is 0 Å². The molecule has 6 heteroatoms. The first-order valence-corrected chi connectivity index (χ1v) is 6.22. The monoisotopic (exact) mass is 286 g/mol. The van der Waals surface area contributed by atoms with Crippen LogP contribution < -0.4 is 5.32 Å². The van der Waals surface area contributed by atoms with Crippen LogP contribution in [0.3, 0.4) is 0 Å². The van der Waals surface area contributed by atoms with Gasteiger partial charge >= 0.3 is 5.97 Å². The Kier molecular flexibility index (Phi) is 4.18. The van der Waals surface area contributed by atoms with Gasteiger partial charge in [-0.15, -0.1) is 0 Å². The predicted octanol–water partition coefficient (Wildman–Crippen LogP) is 3.43. The smallest absolute Gasteiger partial charge is 0.337 e. The first-order chi connectivity index (χ1) is 10.0. The number of carbonyl (C=O) groups is 1. The molecule has 0 spiro atoms. The number of nitrogens with zero attached hydrogens (tertiary/aromatic N) is 1. The SMILES string of the molecule is COC(=O)c1ccc(C)c(Nc2ccccc2[N+](=O)[O-])c1. The molecule has 0 amide bonds. The van der Waals surface area contributed by atoms with Gasteiger partial charge in [0.15, 0.2) is 0 Å². The van der Waals surface area contributed by atoms with Crippen LogP contribution in [0.5, 0.6) is 0 Å². The van der Waals surface area contributed by atoms with E-state index in [1.807, 2.05) is 6.92 Å². The van der Waals surface area contributed by atoms with E-state index in [1.54, 1.807) is 36.4 Å². The molecule has 0 saturated carbocycles. The van der Waals surface area contributed by atoms with Crippen molar-refractivity contribution in [3.63, 3.8) is 0 Å². The van der Waals surface area contributed by atoms with Gasteiger partial charge in [-0.25, -0.2) is 4.79 Å². The molecule has 0 aromatic heterocycles. The maximum absolute atomic E-state index is 11.5. The zero-order valence-electron chi connectivity index (χ0n) is 11.6. The Morgan fingerprint density at radius 2 is 1.90 bits per heavy atom. The normalized spacial score (nSPS) is 10.0. The number of anilines is 2. The van der Waals surface area contributed by atoms with Gasteiger partial charge in [0.1, 0.15) is 5.69 Å². The molecule has 2 aromatic carbocycles. The number of aryl methyl sites for hydroxylation is 1. The number of rotatable bonds is 4. The fourth-order valence-corrected chi connectivity index (χ4v) is 1.89. The first kappa shape index (κ1) is 14.5. The zero-order chi connectivity index (χ0) is 15.4. The number of carbonyl (C=O) groups excluding carboxylic acids is 1. The quantitative estimate of drug-likeness (QED) is 0.529. The summed E-state index contributed by atoms with van der Waals surface area (Å²) in [6, 6.07) is 11.3. The molecule has 0 unspecified atom stereocenters. The highest BCUT2D eigenvalue weighted by atomic mass is 16.6. The van der Waals surface area contributed by atoms with E-state index in [-0.39, 0.29) is 5.69 Å². The van der Waals surface area contributed by atoms with Crippen LogP contribution in [0, 0.1) is 17.0 Å². The summed E-state index contributed by atoms with van der Waals surface area (Å²) in [5, 5.41) is 14.0. The van der Waals surface area contributed by atoms with Crippen LogP contribution in [0.1, 0.15) is 15.9 Å². The lowest BCUT2D eigenvalue weighted by atomic mass is 10.1. The Bertz CT molecular complexity index is 698. The number of ether oxygens (including phenoxy) is 1. The number of benzene rings is 2. The minimum atomic E-state index is -0.458. The molecule has 0 bridgehead atoms. The van der Waals surface area contributed by atoms with Crippen molar-refractivity contribution in [3.8, 4) is 0 Å². The Morgan fingerprint density at radius 3 is 2.57 bits per heavy atom. The highest BCUT2D eigenvalue weighted by Gasteiger charge is 2.14. The summed E-state index contributed by atoms with van der Waals surface area (Å²) in [4.78, 5) is 22.1. The van der Waals surface area contributed by atoms with Gasteiger partial charge in [0.05, 0.1) is 17.6 Å². The Labute approximate surface area is 121 Å². The van der Waals surface area contributed by atoms with Gasteiger partial charge in [-0.05, 0) is 30.7 Å². The van der Waals surface area contributed by atoms with Crippen molar-refractivity contribution in [2.24, 2.45) is 0 Å². The Morgan fingerprint density at radius 1 is 1.19 bits per heavy atom. The number of hydrogen-bond acceptors (Lipinski definition) is 5. The van der Waals surface area contributed by atoms with Gasteiger partial charge in [-0.1, -0.05) is 18.2 Å². The molecule has 0 saturated heterocycles. The lowest BCUT2D eigenvalue weighted by Crippen LogP contribution is -2.03. The predicted molar refractivity (Wildman–Crippen MR) is 78.9 cm³/mol. The van der Waals surface area contributed by atoms with Crippen molar-refractivity contribution in [1.29, 1.82) is 0 Å². The Balaban J connectivity index is 2.40. The van der Waals surface area contributed by atoms with Crippen LogP contribution >= 0.6 is 0 Å². The third kappa shape index (κ3) is 3.17. The second kappa shape index (κ2) is 6.04. The van der Waals surface area contributed by atoms with Crippen molar-refractivity contribution in [1.82, 2.24) is 0 Å². The highest BCUT2D eigenvalue weighted by molar-refractivity contribution is 5.91. The summed E-state index contributed by atoms with van der Waals surface area (Å²) in [5.74, 6) is -0.458. The molecule has 0 aliphatic heterocycles. The summed E-state index contributed by atoms with van der Waals surface area (Å²) in [5.41, 5.74) is 2.20. The van der Waals surface area contributed by atoms with Gasteiger partial charge in [-0.2, -0.15) is 0 Å². The van der Waals surface area contributed by atoms with Gasteiger partial charge in [0, 0.05) is 11.8 Å². The van der Waals surface area contributed by atoms with E-state index >= 15 is 0 Å². The van der Waals surface area contributed by atoms with Crippen LogP contribution in [0.2, 0.25) is 0 Å². The summed E-state index contributed by atoms with van der Waals surface area (Å²) >= 11 is 0. The molecule has 0 fully saturated rings. The second-order valence-electron chi connectivity index (χ2n) is 4.42. The molecule has 1 N–H and O–H groups in total. The van der Waals surface area contributed by atoms with Crippen molar-refractivity contribution < 1.29 is 14.5 Å². The standard InChI is InChI=1S/C15H14N2O4/c1-10-7-8-11(15(18)21-2)9-13(10)16-12-5-3-4-6-14(12)17(19)20/h3-9,16H,1-2H3. The largest absolute Gasteiger partial charge is 0.465 e. The van der Waals surface area contributed by atoms with E-state index in [9.17, 15) is 14.9 Å². The molecule has 6 nitrogen and oxygen atoms in total. The average molecular weight is 286 g/mol. The molecule has 0 heterocycles. The van der Waals surface area contributed by atoms with E-state index < -0.39 is 10.9 Å². The van der Waals surface area contributed by atoms with Crippen LogP contribution in [0.25, 0.3) is 0 Å². The molecule has 0 atom stereocenters. The fraction of sp³-hybridized carbons (Fsp3) is 0.133. The van der Waals surface area contributed by atoms with Crippen LogP contribution in [-0.2, 0) is 4.74 Å². The topological polar surface area (TPSA) is 81.5 Å². The average Bonchev–Trinajstić information content (AvgIpc) is 2.49. The molecule has 21 heavy (non-hydrogen) atoms. The summed E-state index contributed by atoms with van der Waals surface area (Å²) in [7, 11) is 1.30. The number of para-hydroxylation sites is 2. The third-order valence-electron chi connectivity index (χ3n) is 3.03. The number of nitro groups is 1. The molecule has 2 aromatic rings. The molecule has 2 rings (SSSR count). The van der Waals surface area contributed by atoms with Crippen molar-refractivity contribution in [3.05, 3.63) is 63.7 Å². The number of methoxy groups -OCH3 is 1. The summed E-state index contributed by atoms with van der Waals surface area (Å²) in [6.45, 7) is 1.85. The molecular formula is C15H14N2O4. The van der Waals surface area contributed by atoms with Crippen molar-refractivity contribution >= 4 is 23.0 Å². The Hall–Kier alpha value is -2.89. The highest BCUT2D eigenvalue weighted by Crippen LogP contribution is 2.29. The van der Waals surface area contributed by atoms with Crippen LogP contribution in [0.15, 0.2) is 42.5 Å². The van der Waals surface area contributed by atoms with E-state index in [2.05, 4.69) is 10.1 Å². The fourth-order valence-electron chi connectivity index (χ4n) is 1.89. The van der Waals surface area contributed by atoms with Gasteiger partial charge < -0.3 is 10.1 Å². The van der Waals surface area contributed by atoms with Gasteiger partial charge in [0.25, 0.3) is 5.69 Å². The van der Waals surface area contributed by atoms with Gasteiger partial charge in [-0.3, -0.25) is 10.1 Å². The maximum Gasteiger partial charge on any atom is 0.337 e. The minimum absolute atomic E-state index is 0.0274. The van der Waals surface area contributed by atoms with Crippen LogP contribution in [0.4, 0.5) is 17.1 Å². The lowest BCUT2D eigenvalue weighted by Gasteiger charge is -2.11. The molecule has 0 radical (unpaired) electrons. The summed E-state index contributed by atoms with van der Waals surface area (Å²) < 4.78 is 4.67. The molecule has 0 aliphatic carbocycles. The molecular weight excluding hydrogens is 272 g/mol. The second-order valence-corrected chi connectivity index (χ2v) is 4.42. The molecule has 0 aliphatic rings. The lowest BCUT2D eigenvalue weighted by molar-refractivity contribution is -0.383. The zero-order valence-corrected chi connectivity index (χ0v) is 11.6. The van der Waals surface area contributed by atoms with Gasteiger partial charge in [0.2, 0.25) is 0 Å². The van der Waals surface area contributed by atoms with Crippen LogP contribution in [-0.4, -0.2) is 18.0 Å². The number of nitro benzene ring substituents is 1. The third-order valence-corrected chi connectivity index (χ3v) is 3.03. The molecule has 108 valence electrons. The number of esters is 1.